The van der Waals surface area contributed by atoms with Crippen molar-refractivity contribution in [2.75, 3.05) is 0 Å². The molecule has 0 N–H and O–H groups in total. The average molecular weight is 525 g/mol. The number of benzene rings is 3. The van der Waals surface area contributed by atoms with E-state index in [0.717, 1.165) is 36.0 Å². The lowest BCUT2D eigenvalue weighted by atomic mass is 10.0. The molecule has 1 atom stereocenters. The number of alkyl halides is 3. The molecule has 0 aliphatic carbocycles. The fourth-order valence-electron chi connectivity index (χ4n) is 3.87. The van der Waals surface area contributed by atoms with Gasteiger partial charge in [0.15, 0.2) is 6.10 Å². The van der Waals surface area contributed by atoms with Crippen LogP contribution in [0, 0.1) is 0 Å². The number of allylic oxidation sites excluding steroid dienone is 1. The predicted octanol–water partition coefficient (Wildman–Crippen LogP) is 8.36. The average Bonchev–Trinajstić information content (AvgIpc) is 2.91. The van der Waals surface area contributed by atoms with Crippen LogP contribution < -0.4 is 4.74 Å². The van der Waals surface area contributed by atoms with E-state index in [2.05, 4.69) is 6.58 Å². The summed E-state index contributed by atoms with van der Waals surface area (Å²) >= 11 is 0. The van der Waals surface area contributed by atoms with E-state index in [-0.39, 0.29) is 17.7 Å². The highest BCUT2D eigenvalue weighted by atomic mass is 19.4. The quantitative estimate of drug-likeness (QED) is 0.103. The van der Waals surface area contributed by atoms with Crippen LogP contribution in [0.5, 0.6) is 5.75 Å². The molecule has 3 aromatic rings. The van der Waals surface area contributed by atoms with Gasteiger partial charge in [0.25, 0.3) is 0 Å². The van der Waals surface area contributed by atoms with Gasteiger partial charge in [-0.25, -0.2) is 9.59 Å². The van der Waals surface area contributed by atoms with E-state index in [1.165, 1.54) is 24.3 Å². The van der Waals surface area contributed by atoms with Crippen molar-refractivity contribution in [1.82, 2.24) is 0 Å². The number of ether oxygens (including phenoxy) is 2. The molecule has 0 bridgehead atoms. The lowest BCUT2D eigenvalue weighted by Gasteiger charge is -2.20. The van der Waals surface area contributed by atoms with Gasteiger partial charge in [0.1, 0.15) is 5.75 Å². The van der Waals surface area contributed by atoms with Gasteiger partial charge in [0.05, 0.1) is 11.1 Å². The summed E-state index contributed by atoms with van der Waals surface area (Å²) in [6, 6.07) is 20.2. The van der Waals surface area contributed by atoms with Gasteiger partial charge >= 0.3 is 18.1 Å². The van der Waals surface area contributed by atoms with Crippen LogP contribution in [0.15, 0.2) is 85.5 Å². The topological polar surface area (TPSA) is 52.6 Å². The second-order valence-corrected chi connectivity index (χ2v) is 8.97. The van der Waals surface area contributed by atoms with Gasteiger partial charge in [0.2, 0.25) is 0 Å². The fourth-order valence-corrected chi connectivity index (χ4v) is 3.87. The Kier molecular flexibility index (Phi) is 10.3. The van der Waals surface area contributed by atoms with E-state index < -0.39 is 24.2 Å². The van der Waals surface area contributed by atoms with Gasteiger partial charge in [0, 0.05) is 0 Å². The van der Waals surface area contributed by atoms with Crippen molar-refractivity contribution in [3.8, 4) is 16.9 Å². The molecule has 0 radical (unpaired) electrons. The first-order valence-corrected chi connectivity index (χ1v) is 12.6. The van der Waals surface area contributed by atoms with Crippen molar-refractivity contribution < 1.29 is 32.2 Å². The van der Waals surface area contributed by atoms with E-state index in [1.807, 2.05) is 49.4 Å². The summed E-state index contributed by atoms with van der Waals surface area (Å²) in [6.07, 6.45) is -1.74. The van der Waals surface area contributed by atoms with Gasteiger partial charge in [-0.3, -0.25) is 0 Å². The first-order chi connectivity index (χ1) is 18.2. The molecule has 0 amide bonds. The largest absolute Gasteiger partial charge is 0.449 e. The van der Waals surface area contributed by atoms with Crippen LogP contribution in [0.1, 0.15) is 65.3 Å². The van der Waals surface area contributed by atoms with Crippen molar-refractivity contribution in [2.24, 2.45) is 0 Å². The Bertz CT molecular complexity index is 1200. The number of carbonyl (C=O) groups excluding carboxylic acids is 2. The molecule has 0 heterocycles. The van der Waals surface area contributed by atoms with E-state index >= 15 is 0 Å². The zero-order valence-electron chi connectivity index (χ0n) is 21.3. The van der Waals surface area contributed by atoms with Gasteiger partial charge < -0.3 is 9.47 Å². The van der Waals surface area contributed by atoms with Crippen molar-refractivity contribution in [1.29, 1.82) is 0 Å². The third-order valence-corrected chi connectivity index (χ3v) is 6.02. The summed E-state index contributed by atoms with van der Waals surface area (Å²) in [5.41, 5.74) is 3.38. The lowest BCUT2D eigenvalue weighted by Crippen LogP contribution is -2.33. The molecule has 38 heavy (non-hydrogen) atoms. The lowest BCUT2D eigenvalue weighted by molar-refractivity contribution is -0.206. The predicted molar refractivity (Wildman–Crippen MR) is 141 cm³/mol. The molecular formula is C31H31F3O4. The molecule has 7 heteroatoms. The molecule has 0 spiro atoms. The number of esters is 2. The van der Waals surface area contributed by atoms with E-state index in [4.69, 9.17) is 9.47 Å². The summed E-state index contributed by atoms with van der Waals surface area (Å²) in [5.74, 6) is -1.52. The molecule has 0 aliphatic rings. The Labute approximate surface area is 221 Å². The number of hydrogen-bond acceptors (Lipinski definition) is 4. The van der Waals surface area contributed by atoms with E-state index in [9.17, 15) is 22.8 Å². The minimum Gasteiger partial charge on any atom is -0.449 e. The van der Waals surface area contributed by atoms with Crippen molar-refractivity contribution in [3.05, 3.63) is 102 Å². The maximum absolute atomic E-state index is 13.3. The standard InChI is InChI=1S/C31H31F3O4/c1-3-5-6-7-9-28(31(32,33)34)38-30(36)26-18-20-27(21-19-26)37-29(35)25-16-14-24(15-17-25)23-12-10-22(8-4-2)11-13-23/h4,10-21,28H,2-3,5-9H2,1H3. The summed E-state index contributed by atoms with van der Waals surface area (Å²) < 4.78 is 50.0. The zero-order valence-corrected chi connectivity index (χ0v) is 21.3. The van der Waals surface area contributed by atoms with Crippen LogP contribution in [0.25, 0.3) is 11.1 Å². The van der Waals surface area contributed by atoms with Crippen LogP contribution in [0.3, 0.4) is 0 Å². The van der Waals surface area contributed by atoms with Crippen LogP contribution in [0.2, 0.25) is 0 Å². The summed E-state index contributed by atoms with van der Waals surface area (Å²) in [6.45, 7) is 5.70. The fraction of sp³-hybridized carbons (Fsp3) is 0.290. The first kappa shape index (κ1) is 28.7. The maximum Gasteiger partial charge on any atom is 0.425 e. The third-order valence-electron chi connectivity index (χ3n) is 6.02. The number of carbonyl (C=O) groups is 2. The summed E-state index contributed by atoms with van der Waals surface area (Å²) in [4.78, 5) is 24.9. The normalized spacial score (nSPS) is 12.0. The highest BCUT2D eigenvalue weighted by molar-refractivity contribution is 5.92. The molecule has 3 aromatic carbocycles. The highest BCUT2D eigenvalue weighted by Gasteiger charge is 2.42. The molecule has 0 aromatic heterocycles. The Morgan fingerprint density at radius 3 is 1.92 bits per heavy atom. The number of rotatable bonds is 12. The molecule has 4 nitrogen and oxygen atoms in total. The third kappa shape index (κ3) is 8.33. The molecule has 0 aliphatic heterocycles. The maximum atomic E-state index is 13.3. The van der Waals surface area contributed by atoms with Gasteiger partial charge in [-0.2, -0.15) is 13.2 Å². The molecule has 200 valence electrons. The Balaban J connectivity index is 1.58. The minimum absolute atomic E-state index is 0.0592. The number of unbranched alkanes of at least 4 members (excludes halogenated alkanes) is 3. The van der Waals surface area contributed by atoms with Crippen LogP contribution in [-0.2, 0) is 11.2 Å². The van der Waals surface area contributed by atoms with Gasteiger partial charge in [-0.15, -0.1) is 6.58 Å². The van der Waals surface area contributed by atoms with E-state index in [0.29, 0.717) is 18.4 Å². The second kappa shape index (κ2) is 13.6. The Hall–Kier alpha value is -3.87. The van der Waals surface area contributed by atoms with Crippen LogP contribution in [0.4, 0.5) is 13.2 Å². The zero-order chi connectivity index (χ0) is 27.5. The molecule has 0 fully saturated rings. The molecule has 0 saturated carbocycles. The number of halogens is 3. The first-order valence-electron chi connectivity index (χ1n) is 12.6. The second-order valence-electron chi connectivity index (χ2n) is 8.97. The van der Waals surface area contributed by atoms with Crippen molar-refractivity contribution in [3.63, 3.8) is 0 Å². The minimum atomic E-state index is -4.64. The van der Waals surface area contributed by atoms with Crippen molar-refractivity contribution in [2.45, 2.75) is 57.7 Å². The summed E-state index contributed by atoms with van der Waals surface area (Å²) in [7, 11) is 0. The monoisotopic (exact) mass is 524 g/mol. The smallest absolute Gasteiger partial charge is 0.425 e. The van der Waals surface area contributed by atoms with Gasteiger partial charge in [-0.05, 0) is 72.4 Å². The van der Waals surface area contributed by atoms with Crippen molar-refractivity contribution >= 4 is 11.9 Å². The molecular weight excluding hydrogens is 493 g/mol. The van der Waals surface area contributed by atoms with Gasteiger partial charge in [-0.1, -0.05) is 68.7 Å². The molecule has 0 saturated heterocycles. The Morgan fingerprint density at radius 1 is 0.816 bits per heavy atom. The SMILES string of the molecule is C=CCc1ccc(-c2ccc(C(=O)Oc3ccc(C(=O)OC(CCCCCC)C(F)(F)F)cc3)cc2)cc1. The molecule has 1 unspecified atom stereocenters. The van der Waals surface area contributed by atoms with E-state index in [1.54, 1.807) is 12.1 Å². The highest BCUT2D eigenvalue weighted by Crippen LogP contribution is 2.28. The van der Waals surface area contributed by atoms with Crippen LogP contribution in [-0.4, -0.2) is 24.2 Å². The van der Waals surface area contributed by atoms with Crippen LogP contribution >= 0.6 is 0 Å². The summed E-state index contributed by atoms with van der Waals surface area (Å²) in [5, 5.41) is 0. The number of hydrogen-bond donors (Lipinski definition) is 0. The Morgan fingerprint density at radius 2 is 1.37 bits per heavy atom. The molecule has 3 rings (SSSR count).